The number of imidazole rings is 1. The second-order valence-corrected chi connectivity index (χ2v) is 4.28. The van der Waals surface area contributed by atoms with Crippen LogP contribution < -0.4 is 16.0 Å². The monoisotopic (exact) mass is 254 g/mol. The molecule has 0 aliphatic carbocycles. The van der Waals surface area contributed by atoms with Crippen molar-refractivity contribution in [3.05, 3.63) is 20.8 Å². The fourth-order valence-corrected chi connectivity index (χ4v) is 2.16. The van der Waals surface area contributed by atoms with E-state index in [4.69, 9.17) is 4.74 Å². The quantitative estimate of drug-likeness (QED) is 0.665. The number of alkyl halides is 1. The van der Waals surface area contributed by atoms with E-state index >= 15 is 0 Å². The largest absolute Gasteiger partial charge is 0.457 e. The summed E-state index contributed by atoms with van der Waals surface area (Å²) in [7, 11) is 2.92. The number of halogens is 1. The third-order valence-corrected chi connectivity index (χ3v) is 3.14. The summed E-state index contributed by atoms with van der Waals surface area (Å²) >= 11 is 0. The molecule has 2 aromatic rings. The Labute approximate surface area is 100 Å². The number of ether oxygens (including phenoxy) is 1. The van der Waals surface area contributed by atoms with Crippen LogP contribution in [0.2, 0.25) is 0 Å². The Morgan fingerprint density at radius 3 is 2.78 bits per heavy atom. The summed E-state index contributed by atoms with van der Waals surface area (Å²) in [5, 5.41) is 0. The molecule has 18 heavy (non-hydrogen) atoms. The van der Waals surface area contributed by atoms with Gasteiger partial charge in [-0.15, -0.1) is 0 Å². The van der Waals surface area contributed by atoms with Crippen molar-refractivity contribution in [1.82, 2.24) is 18.7 Å². The fraction of sp³-hybridized carbons (Fsp3) is 0.500. The smallest absolute Gasteiger partial charge is 0.332 e. The zero-order valence-electron chi connectivity index (χ0n) is 9.88. The van der Waals surface area contributed by atoms with Gasteiger partial charge in [0.15, 0.2) is 11.2 Å². The molecule has 0 unspecified atom stereocenters. The summed E-state index contributed by atoms with van der Waals surface area (Å²) in [4.78, 5) is 27.9. The first-order valence-electron chi connectivity index (χ1n) is 5.43. The van der Waals surface area contributed by atoms with Gasteiger partial charge in [0.25, 0.3) is 11.6 Å². The van der Waals surface area contributed by atoms with Gasteiger partial charge in [0, 0.05) is 14.1 Å². The highest BCUT2D eigenvalue weighted by molar-refractivity contribution is 5.72. The molecule has 0 aromatic carbocycles. The Hall–Kier alpha value is -2.12. The van der Waals surface area contributed by atoms with Gasteiger partial charge in [-0.25, -0.2) is 9.18 Å². The van der Waals surface area contributed by atoms with Crippen molar-refractivity contribution in [2.75, 3.05) is 6.67 Å². The second kappa shape index (κ2) is 3.44. The van der Waals surface area contributed by atoms with Crippen molar-refractivity contribution in [1.29, 1.82) is 0 Å². The second-order valence-electron chi connectivity index (χ2n) is 4.28. The lowest BCUT2D eigenvalue weighted by Crippen LogP contribution is -2.37. The maximum atomic E-state index is 12.6. The zero-order valence-corrected chi connectivity index (χ0v) is 9.88. The minimum atomic E-state index is -0.642. The van der Waals surface area contributed by atoms with E-state index < -0.39 is 24.0 Å². The molecule has 96 valence electrons. The van der Waals surface area contributed by atoms with Crippen LogP contribution in [0.3, 0.4) is 0 Å². The molecule has 2 aromatic heterocycles. The van der Waals surface area contributed by atoms with Gasteiger partial charge in [-0.3, -0.25) is 18.5 Å². The number of hydrogen-bond acceptors (Lipinski definition) is 4. The van der Waals surface area contributed by atoms with Crippen molar-refractivity contribution in [2.45, 2.75) is 12.6 Å². The van der Waals surface area contributed by atoms with Gasteiger partial charge in [-0.05, 0) is 0 Å². The molecule has 7 nitrogen and oxygen atoms in total. The molecule has 8 heteroatoms. The Kier molecular flexibility index (Phi) is 2.10. The van der Waals surface area contributed by atoms with Crippen molar-refractivity contribution in [2.24, 2.45) is 14.1 Å². The third kappa shape index (κ3) is 1.20. The number of aryl methyl sites for hydroxylation is 1. The maximum absolute atomic E-state index is 12.6. The number of nitrogens with zero attached hydrogens (tertiary/aromatic N) is 4. The molecule has 0 saturated carbocycles. The molecule has 0 N–H and O–H groups in total. The zero-order chi connectivity index (χ0) is 13.0. The predicted octanol–water partition coefficient (Wildman–Crippen LogP) is -0.836. The number of fused-ring (bicyclic) bond motifs is 3. The van der Waals surface area contributed by atoms with Crippen LogP contribution in [0.4, 0.5) is 4.39 Å². The molecule has 0 amide bonds. The summed E-state index contributed by atoms with van der Waals surface area (Å²) in [6, 6.07) is 0.186. The topological polar surface area (TPSA) is 71.0 Å². The van der Waals surface area contributed by atoms with Crippen LogP contribution in [-0.4, -0.2) is 31.5 Å². The lowest BCUT2D eigenvalue weighted by molar-refractivity contribution is 0.184. The molecule has 0 fully saturated rings. The van der Waals surface area contributed by atoms with Crippen molar-refractivity contribution in [3.8, 4) is 6.01 Å². The minimum Gasteiger partial charge on any atom is -0.457 e. The van der Waals surface area contributed by atoms with Crippen molar-refractivity contribution < 1.29 is 9.13 Å². The van der Waals surface area contributed by atoms with Crippen molar-refractivity contribution >= 4 is 11.2 Å². The van der Waals surface area contributed by atoms with Crippen LogP contribution in [0.15, 0.2) is 9.59 Å². The van der Waals surface area contributed by atoms with E-state index in [2.05, 4.69) is 4.98 Å². The molecular formula is C10H11FN4O3. The van der Waals surface area contributed by atoms with E-state index in [0.717, 1.165) is 4.57 Å². The first-order chi connectivity index (χ1) is 8.54. The van der Waals surface area contributed by atoms with E-state index in [1.807, 2.05) is 0 Å². The third-order valence-electron chi connectivity index (χ3n) is 3.14. The van der Waals surface area contributed by atoms with Crippen LogP contribution in [0.25, 0.3) is 11.2 Å². The van der Waals surface area contributed by atoms with E-state index in [0.29, 0.717) is 0 Å². The highest BCUT2D eigenvalue weighted by Crippen LogP contribution is 2.25. The van der Waals surface area contributed by atoms with Gasteiger partial charge in [0.1, 0.15) is 12.8 Å². The average molecular weight is 254 g/mol. The van der Waals surface area contributed by atoms with Crippen LogP contribution >= 0.6 is 0 Å². The molecule has 3 heterocycles. The summed E-state index contributed by atoms with van der Waals surface area (Å²) in [5.41, 5.74) is -0.373. The van der Waals surface area contributed by atoms with Gasteiger partial charge < -0.3 is 4.74 Å². The van der Waals surface area contributed by atoms with Crippen LogP contribution in [0.1, 0.15) is 0 Å². The highest BCUT2D eigenvalue weighted by atomic mass is 19.1. The minimum absolute atomic E-state index is 0.186. The van der Waals surface area contributed by atoms with Gasteiger partial charge in [-0.2, -0.15) is 4.98 Å². The molecule has 0 radical (unpaired) electrons. The van der Waals surface area contributed by atoms with Crippen LogP contribution in [0, 0.1) is 0 Å². The highest BCUT2D eigenvalue weighted by Gasteiger charge is 2.29. The lowest BCUT2D eigenvalue weighted by atomic mass is 10.4. The standard InChI is InChI=1S/C10H11FN4O3/c1-13-7-6(8(16)14(2)10(13)17)15-4-5(3-11)18-9(15)12-7/h5H,3-4H2,1-2H3/t5-/m1/s1. The average Bonchev–Trinajstić information content (AvgIpc) is 2.90. The summed E-state index contributed by atoms with van der Waals surface area (Å²) < 4.78 is 21.6. The SMILES string of the molecule is Cn1c(=O)c2c(nc3n2C[C@@H](CF)O3)n(C)c1=O. The Morgan fingerprint density at radius 2 is 2.11 bits per heavy atom. The van der Waals surface area contributed by atoms with E-state index in [1.165, 1.54) is 23.2 Å². The molecular weight excluding hydrogens is 243 g/mol. The van der Waals surface area contributed by atoms with E-state index in [1.54, 1.807) is 0 Å². The normalized spacial score (nSPS) is 18.1. The van der Waals surface area contributed by atoms with Crippen LogP contribution in [0.5, 0.6) is 6.01 Å². The molecule has 3 rings (SSSR count). The Balaban J connectivity index is 2.40. The fourth-order valence-electron chi connectivity index (χ4n) is 2.16. The van der Waals surface area contributed by atoms with Gasteiger partial charge in [-0.1, -0.05) is 0 Å². The van der Waals surface area contributed by atoms with Crippen LogP contribution in [-0.2, 0) is 20.6 Å². The lowest BCUT2D eigenvalue weighted by Gasteiger charge is -2.05. The summed E-state index contributed by atoms with van der Waals surface area (Å²) in [6.45, 7) is -0.410. The number of hydrogen-bond donors (Lipinski definition) is 0. The Bertz CT molecular complexity index is 757. The molecule has 1 atom stereocenters. The van der Waals surface area contributed by atoms with Gasteiger partial charge in [0.05, 0.1) is 6.54 Å². The van der Waals surface area contributed by atoms with E-state index in [-0.39, 0.29) is 23.7 Å². The summed E-state index contributed by atoms with van der Waals surface area (Å²) in [6.07, 6.45) is -0.612. The maximum Gasteiger partial charge on any atom is 0.332 e. The van der Waals surface area contributed by atoms with Gasteiger partial charge in [0.2, 0.25) is 0 Å². The predicted molar refractivity (Wildman–Crippen MR) is 60.6 cm³/mol. The first-order valence-corrected chi connectivity index (χ1v) is 5.43. The summed E-state index contributed by atoms with van der Waals surface area (Å²) in [5.74, 6) is 0. The van der Waals surface area contributed by atoms with Crippen molar-refractivity contribution in [3.63, 3.8) is 0 Å². The molecule has 0 saturated heterocycles. The number of aromatic nitrogens is 4. The molecule has 1 aliphatic heterocycles. The Morgan fingerprint density at radius 1 is 1.39 bits per heavy atom. The molecule has 1 aliphatic rings. The molecule has 0 spiro atoms. The first kappa shape index (κ1) is 11.0. The van der Waals surface area contributed by atoms with E-state index in [9.17, 15) is 14.0 Å². The molecule has 0 bridgehead atoms. The van der Waals surface area contributed by atoms with Gasteiger partial charge >= 0.3 is 5.69 Å². The number of rotatable bonds is 1.